The van der Waals surface area contributed by atoms with Gasteiger partial charge in [0.2, 0.25) is 0 Å². The van der Waals surface area contributed by atoms with Crippen molar-refractivity contribution in [2.45, 2.75) is 32.2 Å². The Morgan fingerprint density at radius 2 is 1.69 bits per heavy atom. The number of hydrogen-bond acceptors (Lipinski definition) is 3. The highest BCUT2D eigenvalue weighted by Crippen LogP contribution is 2.23. The van der Waals surface area contributed by atoms with Gasteiger partial charge in [-0.15, -0.1) is 0 Å². The molecule has 0 saturated heterocycles. The summed E-state index contributed by atoms with van der Waals surface area (Å²) in [5, 5.41) is 0. The second-order valence-corrected chi connectivity index (χ2v) is 3.93. The highest BCUT2D eigenvalue weighted by Gasteiger charge is 2.04. The smallest absolute Gasteiger partial charge is 0.122 e. The molecule has 1 unspecified atom stereocenters. The number of hydrogen-bond donors (Lipinski definition) is 1. The SMILES string of the molecule is CCC(N)CCc1cc(OC)cc(OC)c1. The first kappa shape index (κ1) is 12.8. The molecular formula is C13H21NO2. The molecule has 3 heteroatoms. The van der Waals surface area contributed by atoms with Gasteiger partial charge >= 0.3 is 0 Å². The Balaban J connectivity index is 2.71. The molecule has 1 rings (SSSR count). The Labute approximate surface area is 97.6 Å². The number of benzene rings is 1. The molecule has 1 aromatic carbocycles. The van der Waals surface area contributed by atoms with Gasteiger partial charge in [0.1, 0.15) is 11.5 Å². The van der Waals surface area contributed by atoms with Gasteiger partial charge in [-0.1, -0.05) is 6.92 Å². The van der Waals surface area contributed by atoms with Gasteiger partial charge in [0.05, 0.1) is 14.2 Å². The molecule has 0 aliphatic carbocycles. The summed E-state index contributed by atoms with van der Waals surface area (Å²) < 4.78 is 10.4. The van der Waals surface area contributed by atoms with E-state index in [1.54, 1.807) is 14.2 Å². The van der Waals surface area contributed by atoms with Crippen molar-refractivity contribution in [2.75, 3.05) is 14.2 Å². The van der Waals surface area contributed by atoms with Crippen molar-refractivity contribution in [1.82, 2.24) is 0 Å². The minimum absolute atomic E-state index is 0.275. The third-order valence-corrected chi connectivity index (χ3v) is 2.74. The fraction of sp³-hybridized carbons (Fsp3) is 0.538. The predicted molar refractivity (Wildman–Crippen MR) is 66.1 cm³/mol. The van der Waals surface area contributed by atoms with Crippen molar-refractivity contribution in [3.63, 3.8) is 0 Å². The van der Waals surface area contributed by atoms with Gasteiger partial charge in [0.15, 0.2) is 0 Å². The van der Waals surface area contributed by atoms with Crippen LogP contribution in [0.1, 0.15) is 25.3 Å². The van der Waals surface area contributed by atoms with Crippen LogP contribution in [-0.4, -0.2) is 20.3 Å². The fourth-order valence-electron chi connectivity index (χ4n) is 1.57. The van der Waals surface area contributed by atoms with Crippen LogP contribution in [0.4, 0.5) is 0 Å². The minimum atomic E-state index is 0.275. The van der Waals surface area contributed by atoms with Crippen LogP contribution in [0.25, 0.3) is 0 Å². The van der Waals surface area contributed by atoms with E-state index in [-0.39, 0.29) is 6.04 Å². The topological polar surface area (TPSA) is 44.5 Å². The molecule has 0 spiro atoms. The number of rotatable bonds is 6. The van der Waals surface area contributed by atoms with Crippen LogP contribution in [0, 0.1) is 0 Å². The largest absolute Gasteiger partial charge is 0.497 e. The molecular weight excluding hydrogens is 202 g/mol. The summed E-state index contributed by atoms with van der Waals surface area (Å²) in [6.07, 6.45) is 2.97. The maximum Gasteiger partial charge on any atom is 0.122 e. The lowest BCUT2D eigenvalue weighted by atomic mass is 10.0. The average molecular weight is 223 g/mol. The fourth-order valence-corrected chi connectivity index (χ4v) is 1.57. The summed E-state index contributed by atoms with van der Waals surface area (Å²) in [5.74, 6) is 1.67. The van der Waals surface area contributed by atoms with Crippen molar-refractivity contribution in [1.29, 1.82) is 0 Å². The van der Waals surface area contributed by atoms with Crippen LogP contribution >= 0.6 is 0 Å². The van der Waals surface area contributed by atoms with Crippen molar-refractivity contribution in [3.8, 4) is 11.5 Å². The van der Waals surface area contributed by atoms with Gasteiger partial charge in [-0.25, -0.2) is 0 Å². The summed E-state index contributed by atoms with van der Waals surface area (Å²) in [6.45, 7) is 2.11. The lowest BCUT2D eigenvalue weighted by Crippen LogP contribution is -2.19. The van der Waals surface area contributed by atoms with Crippen molar-refractivity contribution in [3.05, 3.63) is 23.8 Å². The molecule has 0 saturated carbocycles. The van der Waals surface area contributed by atoms with Gasteiger partial charge in [-0.2, -0.15) is 0 Å². The lowest BCUT2D eigenvalue weighted by molar-refractivity contribution is 0.393. The minimum Gasteiger partial charge on any atom is -0.497 e. The molecule has 2 N–H and O–H groups in total. The second kappa shape index (κ2) is 6.38. The Morgan fingerprint density at radius 3 is 2.12 bits per heavy atom. The quantitative estimate of drug-likeness (QED) is 0.805. The molecule has 0 aliphatic heterocycles. The zero-order chi connectivity index (χ0) is 12.0. The van der Waals surface area contributed by atoms with Crippen LogP contribution in [0.15, 0.2) is 18.2 Å². The van der Waals surface area contributed by atoms with E-state index < -0.39 is 0 Å². The summed E-state index contributed by atoms with van der Waals surface area (Å²) in [6, 6.07) is 6.22. The van der Waals surface area contributed by atoms with E-state index in [0.717, 1.165) is 30.8 Å². The molecule has 0 bridgehead atoms. The molecule has 90 valence electrons. The Morgan fingerprint density at radius 1 is 1.12 bits per heavy atom. The molecule has 0 fully saturated rings. The van der Waals surface area contributed by atoms with E-state index in [4.69, 9.17) is 15.2 Å². The van der Waals surface area contributed by atoms with E-state index in [2.05, 4.69) is 6.92 Å². The van der Waals surface area contributed by atoms with Gasteiger partial charge in [0, 0.05) is 12.1 Å². The second-order valence-electron chi connectivity index (χ2n) is 3.93. The molecule has 3 nitrogen and oxygen atoms in total. The molecule has 16 heavy (non-hydrogen) atoms. The van der Waals surface area contributed by atoms with E-state index in [1.165, 1.54) is 5.56 Å². The predicted octanol–water partition coefficient (Wildman–Crippen LogP) is 2.37. The first-order valence-electron chi connectivity index (χ1n) is 5.67. The first-order valence-corrected chi connectivity index (χ1v) is 5.67. The number of methoxy groups -OCH3 is 2. The van der Waals surface area contributed by atoms with Gasteiger partial charge in [0.25, 0.3) is 0 Å². The van der Waals surface area contributed by atoms with Gasteiger partial charge in [-0.05, 0) is 37.0 Å². The Bertz CT molecular complexity index is 303. The number of aryl methyl sites for hydroxylation is 1. The van der Waals surface area contributed by atoms with Crippen LogP contribution in [0.2, 0.25) is 0 Å². The molecule has 0 aromatic heterocycles. The maximum absolute atomic E-state index is 5.90. The summed E-state index contributed by atoms with van der Waals surface area (Å²) >= 11 is 0. The van der Waals surface area contributed by atoms with Crippen LogP contribution in [0.3, 0.4) is 0 Å². The van der Waals surface area contributed by atoms with Crippen LogP contribution < -0.4 is 15.2 Å². The number of ether oxygens (including phenoxy) is 2. The van der Waals surface area contributed by atoms with Crippen molar-refractivity contribution < 1.29 is 9.47 Å². The molecule has 0 amide bonds. The molecule has 0 aliphatic rings. The van der Waals surface area contributed by atoms with E-state index in [1.807, 2.05) is 18.2 Å². The van der Waals surface area contributed by atoms with Gasteiger partial charge in [-0.3, -0.25) is 0 Å². The zero-order valence-corrected chi connectivity index (χ0v) is 10.3. The standard InChI is InChI=1S/C13H21NO2/c1-4-11(14)6-5-10-7-12(15-2)9-13(8-10)16-3/h7-9,11H,4-6,14H2,1-3H3. The molecule has 0 radical (unpaired) electrons. The molecule has 0 heterocycles. The molecule has 1 atom stereocenters. The van der Waals surface area contributed by atoms with Crippen LogP contribution in [0.5, 0.6) is 11.5 Å². The summed E-state index contributed by atoms with van der Waals surface area (Å²) in [4.78, 5) is 0. The van der Waals surface area contributed by atoms with Gasteiger partial charge < -0.3 is 15.2 Å². The lowest BCUT2D eigenvalue weighted by Gasteiger charge is -2.11. The Hall–Kier alpha value is -1.22. The zero-order valence-electron chi connectivity index (χ0n) is 10.3. The van der Waals surface area contributed by atoms with E-state index >= 15 is 0 Å². The van der Waals surface area contributed by atoms with Crippen molar-refractivity contribution in [2.24, 2.45) is 5.73 Å². The van der Waals surface area contributed by atoms with Crippen molar-refractivity contribution >= 4 is 0 Å². The highest BCUT2D eigenvalue weighted by atomic mass is 16.5. The monoisotopic (exact) mass is 223 g/mol. The van der Waals surface area contributed by atoms with Crippen LogP contribution in [-0.2, 0) is 6.42 Å². The normalized spacial score (nSPS) is 12.2. The third kappa shape index (κ3) is 3.74. The number of nitrogens with two attached hydrogens (primary N) is 1. The third-order valence-electron chi connectivity index (χ3n) is 2.74. The molecule has 1 aromatic rings. The average Bonchev–Trinajstić information content (AvgIpc) is 2.35. The highest BCUT2D eigenvalue weighted by molar-refractivity contribution is 5.38. The van der Waals surface area contributed by atoms with E-state index in [0.29, 0.717) is 0 Å². The summed E-state index contributed by atoms with van der Waals surface area (Å²) in [5.41, 5.74) is 7.11. The van der Waals surface area contributed by atoms with E-state index in [9.17, 15) is 0 Å². The summed E-state index contributed by atoms with van der Waals surface area (Å²) in [7, 11) is 3.33. The maximum atomic E-state index is 5.90. The first-order chi connectivity index (χ1) is 7.69. The Kier molecular flexibility index (Phi) is 5.12.